The Labute approximate surface area is 161 Å². The summed E-state index contributed by atoms with van der Waals surface area (Å²) in [6.45, 7) is 0. The Morgan fingerprint density at radius 1 is 1.22 bits per heavy atom. The van der Waals surface area contributed by atoms with Crippen molar-refractivity contribution in [3.05, 3.63) is 29.1 Å². The van der Waals surface area contributed by atoms with Gasteiger partial charge in [0.1, 0.15) is 5.52 Å². The standard InChI is InChI=1S/C19H19ClN2O4S/c20-12-1-2-14-13(3-12)21-16(26-14)18-6-19(7-18,8-18)22-15(23)11-4-17(5-11)9-27(24,25)10-17/h1-3,11H,4-10H2,(H,22,23). The van der Waals surface area contributed by atoms with E-state index >= 15 is 0 Å². The van der Waals surface area contributed by atoms with E-state index in [1.165, 1.54) is 0 Å². The minimum absolute atomic E-state index is 0.0306. The van der Waals surface area contributed by atoms with Gasteiger partial charge in [-0.2, -0.15) is 0 Å². The lowest BCUT2D eigenvalue weighted by Gasteiger charge is -2.69. The highest BCUT2D eigenvalue weighted by Crippen LogP contribution is 2.68. The van der Waals surface area contributed by atoms with Gasteiger partial charge in [0.05, 0.1) is 16.9 Å². The molecule has 5 fully saturated rings. The maximum atomic E-state index is 12.6. The Balaban J connectivity index is 1.09. The number of rotatable bonds is 3. The first-order valence-electron chi connectivity index (χ1n) is 9.29. The van der Waals surface area contributed by atoms with Gasteiger partial charge in [-0.25, -0.2) is 13.4 Å². The highest BCUT2D eigenvalue weighted by molar-refractivity contribution is 7.92. The molecule has 1 amide bonds. The van der Waals surface area contributed by atoms with E-state index in [0.29, 0.717) is 17.9 Å². The Morgan fingerprint density at radius 3 is 2.59 bits per heavy atom. The molecule has 8 heteroatoms. The number of sulfone groups is 1. The van der Waals surface area contributed by atoms with Crippen LogP contribution in [0, 0.1) is 11.3 Å². The molecule has 6 nitrogen and oxygen atoms in total. The van der Waals surface area contributed by atoms with E-state index in [1.54, 1.807) is 12.1 Å². The number of hydrogen-bond donors (Lipinski definition) is 1. The summed E-state index contributed by atoms with van der Waals surface area (Å²) in [5.41, 5.74) is 1.25. The lowest BCUT2D eigenvalue weighted by atomic mass is 9.39. The first kappa shape index (κ1) is 16.4. The maximum absolute atomic E-state index is 12.6. The molecule has 1 aromatic heterocycles. The molecule has 2 bridgehead atoms. The third-order valence-electron chi connectivity index (χ3n) is 7.00. The van der Waals surface area contributed by atoms with Crippen LogP contribution in [0.1, 0.15) is 38.0 Å². The number of halogens is 1. The van der Waals surface area contributed by atoms with Crippen LogP contribution in [0.25, 0.3) is 11.1 Å². The van der Waals surface area contributed by atoms with Gasteiger partial charge in [0.15, 0.2) is 15.4 Å². The second-order valence-electron chi connectivity index (χ2n) is 9.35. The lowest BCUT2D eigenvalue weighted by Crippen LogP contribution is -2.77. The third-order valence-corrected chi connectivity index (χ3v) is 9.34. The Morgan fingerprint density at radius 2 is 1.93 bits per heavy atom. The molecule has 0 radical (unpaired) electrons. The van der Waals surface area contributed by atoms with Crippen molar-refractivity contribution in [1.29, 1.82) is 0 Å². The van der Waals surface area contributed by atoms with E-state index in [0.717, 1.165) is 36.3 Å². The number of amides is 1. The van der Waals surface area contributed by atoms with Crippen LogP contribution < -0.4 is 5.32 Å². The quantitative estimate of drug-likeness (QED) is 0.846. The number of carbonyl (C=O) groups is 1. The zero-order chi connectivity index (χ0) is 18.7. The fourth-order valence-corrected chi connectivity index (χ4v) is 8.35. The van der Waals surface area contributed by atoms with Crippen molar-refractivity contribution in [2.24, 2.45) is 11.3 Å². The van der Waals surface area contributed by atoms with E-state index in [-0.39, 0.29) is 39.7 Å². The fourth-order valence-electron chi connectivity index (χ4n) is 5.94. The summed E-state index contributed by atoms with van der Waals surface area (Å²) < 4.78 is 28.7. The topological polar surface area (TPSA) is 89.3 Å². The molecule has 0 unspecified atom stereocenters. The second kappa shape index (κ2) is 4.69. The van der Waals surface area contributed by atoms with Crippen molar-refractivity contribution in [2.75, 3.05) is 11.5 Å². The van der Waals surface area contributed by atoms with Crippen LogP contribution in [-0.2, 0) is 20.0 Å². The van der Waals surface area contributed by atoms with Crippen molar-refractivity contribution in [3.8, 4) is 0 Å². The number of nitrogens with one attached hydrogen (secondary N) is 1. The average molecular weight is 407 g/mol. The summed E-state index contributed by atoms with van der Waals surface area (Å²) in [5, 5.41) is 3.87. The van der Waals surface area contributed by atoms with Crippen molar-refractivity contribution >= 4 is 38.4 Å². The molecule has 4 saturated carbocycles. The molecule has 2 heterocycles. The van der Waals surface area contributed by atoms with Gasteiger partial charge in [-0.05, 0) is 55.7 Å². The van der Waals surface area contributed by atoms with Crippen LogP contribution in [0.2, 0.25) is 5.02 Å². The maximum Gasteiger partial charge on any atom is 0.223 e. The number of aromatic nitrogens is 1. The van der Waals surface area contributed by atoms with Crippen LogP contribution in [0.15, 0.2) is 22.6 Å². The van der Waals surface area contributed by atoms with Gasteiger partial charge < -0.3 is 9.73 Å². The van der Waals surface area contributed by atoms with Gasteiger partial charge in [0, 0.05) is 16.5 Å². The summed E-state index contributed by atoms with van der Waals surface area (Å²) in [6, 6.07) is 5.44. The monoisotopic (exact) mass is 406 g/mol. The van der Waals surface area contributed by atoms with Crippen LogP contribution in [-0.4, -0.2) is 36.4 Å². The number of carbonyl (C=O) groups excluding carboxylic acids is 1. The molecule has 7 rings (SSSR count). The summed E-state index contributed by atoms with van der Waals surface area (Å²) in [6.07, 6.45) is 4.01. The van der Waals surface area contributed by atoms with Gasteiger partial charge in [0.2, 0.25) is 11.8 Å². The molecule has 1 N–H and O–H groups in total. The Bertz CT molecular complexity index is 1080. The molecule has 4 aliphatic carbocycles. The number of hydrogen-bond acceptors (Lipinski definition) is 5. The number of nitrogens with zero attached hydrogens (tertiary/aromatic N) is 1. The van der Waals surface area contributed by atoms with E-state index in [4.69, 9.17) is 16.0 Å². The highest BCUT2D eigenvalue weighted by Gasteiger charge is 2.72. The lowest BCUT2D eigenvalue weighted by molar-refractivity contribution is -0.150. The van der Waals surface area contributed by atoms with E-state index in [9.17, 15) is 13.2 Å². The van der Waals surface area contributed by atoms with Crippen LogP contribution in [0.5, 0.6) is 0 Å². The number of benzene rings is 1. The van der Waals surface area contributed by atoms with Crippen LogP contribution in [0.4, 0.5) is 0 Å². The van der Waals surface area contributed by atoms with Crippen LogP contribution in [0.3, 0.4) is 0 Å². The normalized spacial score (nSPS) is 35.0. The third kappa shape index (κ3) is 2.21. The molecule has 1 spiro atoms. The molecule has 5 aliphatic rings. The smallest absolute Gasteiger partial charge is 0.223 e. The zero-order valence-corrected chi connectivity index (χ0v) is 16.2. The number of fused-ring (bicyclic) bond motifs is 1. The molecular formula is C19H19ClN2O4S. The van der Waals surface area contributed by atoms with E-state index in [1.807, 2.05) is 6.07 Å². The van der Waals surface area contributed by atoms with Crippen LogP contribution >= 0.6 is 11.6 Å². The zero-order valence-electron chi connectivity index (χ0n) is 14.6. The summed E-state index contributed by atoms with van der Waals surface area (Å²) in [5.74, 6) is 1.33. The average Bonchev–Trinajstić information content (AvgIpc) is 2.86. The molecule has 1 aliphatic heterocycles. The number of oxazole rings is 1. The minimum atomic E-state index is -2.83. The highest BCUT2D eigenvalue weighted by atomic mass is 35.5. The Hall–Kier alpha value is -1.60. The van der Waals surface area contributed by atoms with Gasteiger partial charge in [-0.15, -0.1) is 0 Å². The molecule has 1 saturated heterocycles. The van der Waals surface area contributed by atoms with Crippen molar-refractivity contribution in [2.45, 2.75) is 43.1 Å². The van der Waals surface area contributed by atoms with Gasteiger partial charge >= 0.3 is 0 Å². The first-order chi connectivity index (χ1) is 12.7. The molecule has 27 heavy (non-hydrogen) atoms. The minimum Gasteiger partial charge on any atom is -0.440 e. The summed E-state index contributed by atoms with van der Waals surface area (Å²) in [7, 11) is -2.83. The Kier molecular flexibility index (Phi) is 2.84. The molecule has 2 aromatic rings. The SMILES string of the molecule is O=C(NC12CC(c3nc4cc(Cl)ccc4o3)(C1)C2)C1CC2(C1)CS(=O)(=O)C2. The van der Waals surface area contributed by atoms with E-state index < -0.39 is 9.84 Å². The van der Waals surface area contributed by atoms with Gasteiger partial charge in [-0.3, -0.25) is 4.79 Å². The van der Waals surface area contributed by atoms with Crippen molar-refractivity contribution in [3.63, 3.8) is 0 Å². The summed E-state index contributed by atoms with van der Waals surface area (Å²) >= 11 is 6.02. The molecular weight excluding hydrogens is 388 g/mol. The van der Waals surface area contributed by atoms with Crippen molar-refractivity contribution < 1.29 is 17.6 Å². The second-order valence-corrected chi connectivity index (χ2v) is 11.8. The first-order valence-corrected chi connectivity index (χ1v) is 11.5. The predicted octanol–water partition coefficient (Wildman–Crippen LogP) is 2.60. The van der Waals surface area contributed by atoms with Gasteiger partial charge in [-0.1, -0.05) is 11.6 Å². The molecule has 1 aromatic carbocycles. The molecule has 142 valence electrons. The molecule has 0 atom stereocenters. The fraction of sp³-hybridized carbons (Fsp3) is 0.579. The van der Waals surface area contributed by atoms with Gasteiger partial charge in [0.25, 0.3) is 0 Å². The largest absolute Gasteiger partial charge is 0.440 e. The summed E-state index contributed by atoms with van der Waals surface area (Å²) in [4.78, 5) is 17.2. The van der Waals surface area contributed by atoms with Crippen molar-refractivity contribution in [1.82, 2.24) is 10.3 Å². The van der Waals surface area contributed by atoms with E-state index in [2.05, 4.69) is 10.3 Å². The predicted molar refractivity (Wildman–Crippen MR) is 99.2 cm³/mol.